The molecule has 5 rings (SSSR count). The molecule has 8 heteroatoms. The lowest BCUT2D eigenvalue weighted by atomic mass is 9.93. The summed E-state index contributed by atoms with van der Waals surface area (Å²) in [6, 6.07) is 4.58. The lowest BCUT2D eigenvalue weighted by Crippen LogP contribution is -2.53. The van der Waals surface area contributed by atoms with Crippen LogP contribution in [-0.2, 0) is 4.74 Å². The standard InChI is InChI=1S/C27H37N5O3/c1-4-35-13-6-5-10-30-11-12-31(17-19(30)3)27(34)21-15-22-24(14-18(21)2)29-26(33)23-16-28-32(25(22)23)20-8-7-9-20/h14-16,19-20H,4-13,17H2,1-3H3,(H,29,33)/t19-/m0/s1. The molecular formula is C27H37N5O3. The quantitative estimate of drug-likeness (QED) is 0.496. The summed E-state index contributed by atoms with van der Waals surface area (Å²) in [5, 5.41) is 6.06. The number of carbonyl (C=O) groups is 1. The number of amides is 1. The highest BCUT2D eigenvalue weighted by Crippen LogP contribution is 2.35. The first-order chi connectivity index (χ1) is 17.0. The molecule has 0 bridgehead atoms. The minimum absolute atomic E-state index is 0.0707. The predicted octanol–water partition coefficient (Wildman–Crippen LogP) is 3.87. The van der Waals surface area contributed by atoms with Crippen LogP contribution in [0, 0.1) is 6.92 Å². The molecule has 2 fully saturated rings. The van der Waals surface area contributed by atoms with E-state index in [4.69, 9.17) is 4.74 Å². The Balaban J connectivity index is 1.38. The summed E-state index contributed by atoms with van der Waals surface area (Å²) in [6.07, 6.45) is 7.21. The van der Waals surface area contributed by atoms with Gasteiger partial charge in [0.25, 0.3) is 11.5 Å². The summed E-state index contributed by atoms with van der Waals surface area (Å²) in [6.45, 7) is 11.2. The maximum atomic E-state index is 13.7. The van der Waals surface area contributed by atoms with Crippen LogP contribution in [0.15, 0.2) is 23.1 Å². The van der Waals surface area contributed by atoms with Gasteiger partial charge in [-0.25, -0.2) is 0 Å². The van der Waals surface area contributed by atoms with Gasteiger partial charge in [-0.15, -0.1) is 0 Å². The summed E-state index contributed by atoms with van der Waals surface area (Å²) >= 11 is 0. The van der Waals surface area contributed by atoms with Crippen LogP contribution in [0.1, 0.15) is 67.9 Å². The fourth-order valence-corrected chi connectivity index (χ4v) is 5.48. The average Bonchev–Trinajstić information content (AvgIpc) is 3.23. The van der Waals surface area contributed by atoms with Crippen LogP contribution < -0.4 is 5.56 Å². The van der Waals surface area contributed by atoms with Gasteiger partial charge in [-0.05, 0) is 77.1 Å². The summed E-state index contributed by atoms with van der Waals surface area (Å²) < 4.78 is 7.46. The third-order valence-corrected chi connectivity index (χ3v) is 7.80. The Morgan fingerprint density at radius 1 is 1.20 bits per heavy atom. The number of hydrogen-bond acceptors (Lipinski definition) is 5. The Morgan fingerprint density at radius 2 is 2.03 bits per heavy atom. The zero-order chi connectivity index (χ0) is 24.5. The number of aromatic amines is 1. The van der Waals surface area contributed by atoms with E-state index in [1.54, 1.807) is 6.20 Å². The van der Waals surface area contributed by atoms with E-state index in [-0.39, 0.29) is 11.5 Å². The number of unbranched alkanes of at least 4 members (excludes halogenated alkanes) is 1. The van der Waals surface area contributed by atoms with Crippen molar-refractivity contribution in [3.05, 3.63) is 39.8 Å². The summed E-state index contributed by atoms with van der Waals surface area (Å²) in [4.78, 5) is 33.9. The van der Waals surface area contributed by atoms with Crippen molar-refractivity contribution in [3.63, 3.8) is 0 Å². The Morgan fingerprint density at radius 3 is 2.74 bits per heavy atom. The van der Waals surface area contributed by atoms with Crippen molar-refractivity contribution in [1.82, 2.24) is 24.6 Å². The Bertz CT molecular complexity index is 1280. The highest BCUT2D eigenvalue weighted by atomic mass is 16.5. The van der Waals surface area contributed by atoms with E-state index in [2.05, 4.69) is 21.9 Å². The molecule has 1 amide bonds. The zero-order valence-corrected chi connectivity index (χ0v) is 21.2. The number of pyridine rings is 1. The van der Waals surface area contributed by atoms with E-state index in [1.807, 2.05) is 35.6 Å². The number of benzene rings is 1. The normalized spacial score (nSPS) is 19.5. The molecule has 2 aromatic heterocycles. The van der Waals surface area contributed by atoms with Crippen LogP contribution in [0.5, 0.6) is 0 Å². The first-order valence-corrected chi connectivity index (χ1v) is 13.1. The number of ether oxygens (including phenoxy) is 1. The van der Waals surface area contributed by atoms with Gasteiger partial charge in [-0.2, -0.15) is 5.10 Å². The molecule has 1 aliphatic heterocycles. The van der Waals surface area contributed by atoms with Gasteiger partial charge in [0.15, 0.2) is 0 Å². The molecule has 1 atom stereocenters. The van der Waals surface area contributed by atoms with Gasteiger partial charge < -0.3 is 14.6 Å². The molecule has 1 aliphatic carbocycles. The minimum Gasteiger partial charge on any atom is -0.382 e. The topological polar surface area (TPSA) is 83.5 Å². The monoisotopic (exact) mass is 479 g/mol. The van der Waals surface area contributed by atoms with Crippen LogP contribution in [0.2, 0.25) is 0 Å². The summed E-state index contributed by atoms with van der Waals surface area (Å²) in [5.41, 5.74) is 3.10. The van der Waals surface area contributed by atoms with Crippen molar-refractivity contribution >= 4 is 27.7 Å². The van der Waals surface area contributed by atoms with E-state index < -0.39 is 0 Å². The average molecular weight is 480 g/mol. The van der Waals surface area contributed by atoms with Crippen molar-refractivity contribution < 1.29 is 9.53 Å². The number of nitrogens with one attached hydrogen (secondary N) is 1. The summed E-state index contributed by atoms with van der Waals surface area (Å²) in [7, 11) is 0. The molecular weight excluding hydrogens is 442 g/mol. The molecule has 0 radical (unpaired) electrons. The molecule has 0 unspecified atom stereocenters. The van der Waals surface area contributed by atoms with E-state index in [1.165, 1.54) is 6.42 Å². The molecule has 3 heterocycles. The highest BCUT2D eigenvalue weighted by Gasteiger charge is 2.29. The molecule has 188 valence electrons. The van der Waals surface area contributed by atoms with Gasteiger partial charge in [0.2, 0.25) is 0 Å². The number of H-pyrrole nitrogens is 1. The highest BCUT2D eigenvalue weighted by molar-refractivity contribution is 6.07. The van der Waals surface area contributed by atoms with Crippen molar-refractivity contribution in [3.8, 4) is 0 Å². The SMILES string of the molecule is CCOCCCCN1CCN(C(=O)c2cc3c(cc2C)[nH]c(=O)c2cnn(C4CCC4)c23)C[C@@H]1C. The molecule has 35 heavy (non-hydrogen) atoms. The molecule has 2 aliphatic rings. The van der Waals surface area contributed by atoms with E-state index in [9.17, 15) is 9.59 Å². The van der Waals surface area contributed by atoms with E-state index in [0.29, 0.717) is 23.0 Å². The van der Waals surface area contributed by atoms with Gasteiger partial charge in [0.05, 0.1) is 28.7 Å². The lowest BCUT2D eigenvalue weighted by Gasteiger charge is -2.40. The number of carbonyl (C=O) groups excluding carboxylic acids is 1. The molecule has 1 saturated carbocycles. The zero-order valence-electron chi connectivity index (χ0n) is 21.2. The fraction of sp³-hybridized carbons (Fsp3) is 0.593. The number of aromatic nitrogens is 3. The van der Waals surface area contributed by atoms with Crippen molar-refractivity contribution in [1.29, 1.82) is 0 Å². The first kappa shape index (κ1) is 24.0. The second kappa shape index (κ2) is 10.1. The number of piperazine rings is 1. The predicted molar refractivity (Wildman–Crippen MR) is 138 cm³/mol. The van der Waals surface area contributed by atoms with Crippen molar-refractivity contribution in [2.45, 2.75) is 65.0 Å². The maximum Gasteiger partial charge on any atom is 0.259 e. The van der Waals surface area contributed by atoms with Gasteiger partial charge in [-0.1, -0.05) is 0 Å². The molecule has 1 N–H and O–H groups in total. The van der Waals surface area contributed by atoms with Crippen LogP contribution in [0.4, 0.5) is 0 Å². The third-order valence-electron chi connectivity index (χ3n) is 7.80. The third kappa shape index (κ3) is 4.61. The van der Waals surface area contributed by atoms with Gasteiger partial charge in [-0.3, -0.25) is 19.2 Å². The van der Waals surface area contributed by atoms with Crippen molar-refractivity contribution in [2.75, 3.05) is 39.4 Å². The molecule has 1 aromatic carbocycles. The molecule has 0 spiro atoms. The smallest absolute Gasteiger partial charge is 0.259 e. The molecule has 1 saturated heterocycles. The Labute approximate surface area is 206 Å². The molecule has 3 aromatic rings. The number of hydrogen-bond donors (Lipinski definition) is 1. The Kier molecular flexibility index (Phi) is 6.93. The van der Waals surface area contributed by atoms with Crippen LogP contribution in [0.3, 0.4) is 0 Å². The largest absolute Gasteiger partial charge is 0.382 e. The van der Waals surface area contributed by atoms with Gasteiger partial charge in [0, 0.05) is 49.8 Å². The Hall–Kier alpha value is -2.71. The van der Waals surface area contributed by atoms with Crippen LogP contribution >= 0.6 is 0 Å². The molecule has 8 nitrogen and oxygen atoms in total. The number of rotatable bonds is 8. The summed E-state index contributed by atoms with van der Waals surface area (Å²) in [5.74, 6) is 0.0707. The maximum absolute atomic E-state index is 13.7. The second-order valence-corrected chi connectivity index (χ2v) is 10.1. The van der Waals surface area contributed by atoms with Gasteiger partial charge >= 0.3 is 0 Å². The first-order valence-electron chi connectivity index (χ1n) is 13.1. The lowest BCUT2D eigenvalue weighted by molar-refractivity contribution is 0.0502. The van der Waals surface area contributed by atoms with Crippen molar-refractivity contribution in [2.24, 2.45) is 0 Å². The van der Waals surface area contributed by atoms with E-state index in [0.717, 1.165) is 87.1 Å². The fourth-order valence-electron chi connectivity index (χ4n) is 5.48. The number of aryl methyl sites for hydroxylation is 1. The van der Waals surface area contributed by atoms with Gasteiger partial charge in [0.1, 0.15) is 0 Å². The van der Waals surface area contributed by atoms with E-state index >= 15 is 0 Å². The minimum atomic E-state index is -0.122. The number of nitrogens with zero attached hydrogens (tertiary/aromatic N) is 4. The van der Waals surface area contributed by atoms with Crippen LogP contribution in [0.25, 0.3) is 21.8 Å². The van der Waals surface area contributed by atoms with Crippen LogP contribution in [-0.4, -0.2) is 75.9 Å². The number of fused-ring (bicyclic) bond motifs is 3. The second-order valence-electron chi connectivity index (χ2n) is 10.1.